The molecule has 0 saturated carbocycles. The molecule has 1 unspecified atom stereocenters. The van der Waals surface area contributed by atoms with Crippen LogP contribution in [-0.4, -0.2) is 36.4 Å². The molecule has 0 amide bonds. The Bertz CT molecular complexity index is 1230. The fraction of sp³-hybridized carbons (Fsp3) is 0.857. The molecule has 0 aromatic rings. The largest absolute Gasteiger partial charge is 0.462 e. The molecule has 5 heteroatoms. The van der Waals surface area contributed by atoms with E-state index in [2.05, 4.69) is 62.5 Å². The number of aliphatic hydroxyl groups is 1. The first kappa shape index (κ1) is 72.9. The summed E-state index contributed by atoms with van der Waals surface area (Å²) >= 11 is 0. The van der Waals surface area contributed by atoms with Gasteiger partial charge in [0.2, 0.25) is 0 Å². The Morgan fingerprint density at radius 3 is 0.867 bits per heavy atom. The third kappa shape index (κ3) is 64.3. The highest BCUT2D eigenvalue weighted by molar-refractivity contribution is 5.70. The molecule has 0 aliphatic heterocycles. The van der Waals surface area contributed by atoms with Crippen LogP contribution in [0.5, 0.6) is 0 Å². The summed E-state index contributed by atoms with van der Waals surface area (Å²) < 4.78 is 10.8. The average molecular weight is 1050 g/mol. The molecule has 5 nitrogen and oxygen atoms in total. The number of esters is 2. The third-order valence-electron chi connectivity index (χ3n) is 15.4. The standard InChI is InChI=1S/C70H130O5/c1-3-5-7-9-11-13-15-17-19-21-23-25-27-29-31-33-34-35-36-37-39-41-43-45-47-49-51-53-55-57-59-61-63-65-70(73)75-68(66-71)67-74-69(72)64-62-60-58-56-54-52-50-48-46-44-42-40-38-32-30-28-26-24-22-20-18-16-14-12-10-8-6-4-2/h5,7,11,13,17,19,23,25,68,71H,3-4,6,8-10,12,14-16,18,20-22,24,26-67H2,1-2H3/b7-5-,13-11-,19-17-,25-23-. The molecule has 0 radical (unpaired) electrons. The van der Waals surface area contributed by atoms with Gasteiger partial charge in [-0.25, -0.2) is 0 Å². The summed E-state index contributed by atoms with van der Waals surface area (Å²) in [7, 11) is 0. The smallest absolute Gasteiger partial charge is 0.306 e. The van der Waals surface area contributed by atoms with Gasteiger partial charge in [-0.1, -0.05) is 351 Å². The molecule has 0 aliphatic rings. The lowest BCUT2D eigenvalue weighted by molar-refractivity contribution is -0.161. The molecule has 0 saturated heterocycles. The fourth-order valence-corrected chi connectivity index (χ4v) is 10.4. The van der Waals surface area contributed by atoms with Crippen molar-refractivity contribution in [2.45, 2.75) is 373 Å². The van der Waals surface area contributed by atoms with E-state index in [4.69, 9.17) is 9.47 Å². The van der Waals surface area contributed by atoms with E-state index in [0.717, 1.165) is 57.8 Å². The molecule has 0 rings (SSSR count). The Morgan fingerprint density at radius 1 is 0.320 bits per heavy atom. The van der Waals surface area contributed by atoms with E-state index in [1.807, 2.05) is 0 Å². The van der Waals surface area contributed by atoms with Gasteiger partial charge in [-0.05, 0) is 51.4 Å². The zero-order chi connectivity index (χ0) is 54.1. The van der Waals surface area contributed by atoms with E-state index in [1.165, 1.54) is 283 Å². The first-order valence-electron chi connectivity index (χ1n) is 33.7. The van der Waals surface area contributed by atoms with Crippen LogP contribution in [0.1, 0.15) is 367 Å². The van der Waals surface area contributed by atoms with Crippen molar-refractivity contribution in [3.63, 3.8) is 0 Å². The van der Waals surface area contributed by atoms with E-state index in [0.29, 0.717) is 12.8 Å². The Kier molecular flexibility index (Phi) is 64.3. The molecule has 0 aromatic carbocycles. The minimum Gasteiger partial charge on any atom is -0.462 e. The number of ether oxygens (including phenoxy) is 2. The maximum atomic E-state index is 12.4. The highest BCUT2D eigenvalue weighted by Gasteiger charge is 2.16. The molecule has 0 fully saturated rings. The van der Waals surface area contributed by atoms with Crippen molar-refractivity contribution in [2.75, 3.05) is 13.2 Å². The van der Waals surface area contributed by atoms with Crippen LogP contribution in [0.2, 0.25) is 0 Å². The van der Waals surface area contributed by atoms with Crippen molar-refractivity contribution < 1.29 is 24.2 Å². The quantitative estimate of drug-likeness (QED) is 0.0373. The van der Waals surface area contributed by atoms with Gasteiger partial charge in [0.05, 0.1) is 6.61 Å². The van der Waals surface area contributed by atoms with E-state index < -0.39 is 6.10 Å². The number of rotatable bonds is 63. The van der Waals surface area contributed by atoms with E-state index in [-0.39, 0.29) is 25.2 Å². The predicted molar refractivity (Wildman–Crippen MR) is 330 cm³/mol. The topological polar surface area (TPSA) is 72.8 Å². The summed E-state index contributed by atoms with van der Waals surface area (Å²) in [5.74, 6) is -0.567. The number of carbonyl (C=O) groups excluding carboxylic acids is 2. The first-order valence-corrected chi connectivity index (χ1v) is 33.7. The molecule has 0 heterocycles. The molecule has 1 atom stereocenters. The lowest BCUT2D eigenvalue weighted by Gasteiger charge is -2.15. The normalized spacial score (nSPS) is 12.4. The second kappa shape index (κ2) is 66.1. The lowest BCUT2D eigenvalue weighted by Crippen LogP contribution is -2.28. The Balaban J connectivity index is 3.39. The van der Waals surface area contributed by atoms with Crippen LogP contribution >= 0.6 is 0 Å². The minimum absolute atomic E-state index is 0.0593. The van der Waals surface area contributed by atoms with Crippen molar-refractivity contribution >= 4 is 11.9 Å². The summed E-state index contributed by atoms with van der Waals surface area (Å²) in [5, 5.41) is 9.69. The van der Waals surface area contributed by atoms with Gasteiger partial charge in [0.25, 0.3) is 0 Å². The molecule has 440 valence electrons. The number of unbranched alkanes of at least 4 members (excludes halogenated alkanes) is 47. The number of hydrogen-bond donors (Lipinski definition) is 1. The SMILES string of the molecule is CC/C=C\C/C=C\C/C=C\C/C=C\CCCCCCCCCCCCCCCCCCCCCCC(=O)OC(CO)COC(=O)CCCCCCCCCCCCCCCCCCCCCCCCCCCCCC. The summed E-state index contributed by atoms with van der Waals surface area (Å²) in [6, 6.07) is 0. The van der Waals surface area contributed by atoms with Crippen molar-refractivity contribution in [3.8, 4) is 0 Å². The maximum Gasteiger partial charge on any atom is 0.306 e. The first-order chi connectivity index (χ1) is 37.1. The predicted octanol–water partition coefficient (Wildman–Crippen LogP) is 23.2. The van der Waals surface area contributed by atoms with Gasteiger partial charge in [-0.3, -0.25) is 9.59 Å². The van der Waals surface area contributed by atoms with Gasteiger partial charge >= 0.3 is 11.9 Å². The molecule has 0 aliphatic carbocycles. The number of allylic oxidation sites excluding steroid dienone is 8. The van der Waals surface area contributed by atoms with Crippen molar-refractivity contribution in [1.82, 2.24) is 0 Å². The summed E-state index contributed by atoms with van der Waals surface area (Å²) in [6.45, 7) is 4.09. The monoisotopic (exact) mass is 1050 g/mol. The van der Waals surface area contributed by atoms with Gasteiger partial charge in [0, 0.05) is 12.8 Å². The third-order valence-corrected chi connectivity index (χ3v) is 15.4. The Hall–Kier alpha value is -2.14. The number of aliphatic hydroxyl groups excluding tert-OH is 1. The molecular formula is C70H130O5. The van der Waals surface area contributed by atoms with Crippen LogP contribution in [0, 0.1) is 0 Å². The molecule has 1 N–H and O–H groups in total. The Morgan fingerprint density at radius 2 is 0.573 bits per heavy atom. The van der Waals surface area contributed by atoms with E-state index in [9.17, 15) is 14.7 Å². The highest BCUT2D eigenvalue weighted by atomic mass is 16.6. The molecule has 0 aromatic heterocycles. The van der Waals surface area contributed by atoms with Gasteiger partial charge < -0.3 is 14.6 Å². The Labute approximate surface area is 469 Å². The van der Waals surface area contributed by atoms with Crippen LogP contribution in [0.4, 0.5) is 0 Å². The van der Waals surface area contributed by atoms with Gasteiger partial charge in [-0.15, -0.1) is 0 Å². The number of hydrogen-bond acceptors (Lipinski definition) is 5. The van der Waals surface area contributed by atoms with Crippen LogP contribution in [-0.2, 0) is 19.1 Å². The summed E-state index contributed by atoms with van der Waals surface area (Å²) in [5.41, 5.74) is 0. The van der Waals surface area contributed by atoms with Crippen LogP contribution in [0.3, 0.4) is 0 Å². The van der Waals surface area contributed by atoms with Crippen LogP contribution < -0.4 is 0 Å². The number of carbonyl (C=O) groups is 2. The summed E-state index contributed by atoms with van der Waals surface area (Å²) in [4.78, 5) is 24.6. The zero-order valence-corrected chi connectivity index (χ0v) is 50.6. The zero-order valence-electron chi connectivity index (χ0n) is 50.6. The molecular weight excluding hydrogens is 921 g/mol. The second-order valence-electron chi connectivity index (χ2n) is 22.9. The van der Waals surface area contributed by atoms with Crippen LogP contribution in [0.15, 0.2) is 48.6 Å². The molecule has 0 bridgehead atoms. The molecule has 75 heavy (non-hydrogen) atoms. The fourth-order valence-electron chi connectivity index (χ4n) is 10.4. The maximum absolute atomic E-state index is 12.4. The molecule has 0 spiro atoms. The lowest BCUT2D eigenvalue weighted by atomic mass is 10.0. The highest BCUT2D eigenvalue weighted by Crippen LogP contribution is 2.19. The van der Waals surface area contributed by atoms with Gasteiger partial charge in [-0.2, -0.15) is 0 Å². The second-order valence-corrected chi connectivity index (χ2v) is 22.9. The summed E-state index contributed by atoms with van der Waals surface area (Å²) in [6.07, 6.45) is 88.6. The van der Waals surface area contributed by atoms with Crippen LogP contribution in [0.25, 0.3) is 0 Å². The van der Waals surface area contributed by atoms with E-state index >= 15 is 0 Å². The van der Waals surface area contributed by atoms with E-state index in [1.54, 1.807) is 0 Å². The van der Waals surface area contributed by atoms with Crippen molar-refractivity contribution in [1.29, 1.82) is 0 Å². The van der Waals surface area contributed by atoms with Gasteiger partial charge in [0.1, 0.15) is 6.61 Å². The van der Waals surface area contributed by atoms with Crippen molar-refractivity contribution in [3.05, 3.63) is 48.6 Å². The van der Waals surface area contributed by atoms with Gasteiger partial charge in [0.15, 0.2) is 6.10 Å². The average Bonchev–Trinajstić information content (AvgIpc) is 3.41. The minimum atomic E-state index is -0.770. The van der Waals surface area contributed by atoms with Crippen molar-refractivity contribution in [2.24, 2.45) is 0 Å².